The molecule has 178 valence electrons. The van der Waals surface area contributed by atoms with E-state index < -0.39 is 0 Å². The number of aryl methyl sites for hydroxylation is 1. The fraction of sp³-hybridized carbons (Fsp3) is 0.250. The summed E-state index contributed by atoms with van der Waals surface area (Å²) < 4.78 is 3.55. The van der Waals surface area contributed by atoms with E-state index in [-0.39, 0.29) is 0 Å². The predicted octanol–water partition coefficient (Wildman–Crippen LogP) is 4.52. The van der Waals surface area contributed by atoms with Crippen molar-refractivity contribution in [2.45, 2.75) is 19.3 Å². The van der Waals surface area contributed by atoms with Crippen LogP contribution in [-0.4, -0.2) is 42.5 Å². The first-order valence-electron chi connectivity index (χ1n) is 12.2. The molecule has 0 bridgehead atoms. The molecule has 0 aromatic carbocycles. The van der Waals surface area contributed by atoms with Gasteiger partial charge in [-0.3, -0.25) is 9.67 Å². The van der Waals surface area contributed by atoms with Gasteiger partial charge in [-0.1, -0.05) is 6.07 Å². The summed E-state index contributed by atoms with van der Waals surface area (Å²) in [6, 6.07) is 14.7. The molecule has 0 N–H and O–H groups in total. The van der Waals surface area contributed by atoms with Gasteiger partial charge in [0.05, 0.1) is 23.5 Å². The molecule has 0 spiro atoms. The normalized spacial score (nSPS) is 14.3. The minimum absolute atomic E-state index is 0.543. The zero-order valence-electron chi connectivity index (χ0n) is 20.1. The molecule has 5 aromatic heterocycles. The van der Waals surface area contributed by atoms with Crippen LogP contribution in [0.15, 0.2) is 73.6 Å². The van der Waals surface area contributed by atoms with Crippen molar-refractivity contribution < 1.29 is 0 Å². The van der Waals surface area contributed by atoms with Crippen molar-refractivity contribution in [3.05, 3.63) is 84.8 Å². The van der Waals surface area contributed by atoms with Crippen molar-refractivity contribution in [1.29, 1.82) is 5.26 Å². The number of nitriles is 1. The number of fused-ring (bicyclic) bond motifs is 1. The molecule has 1 fully saturated rings. The molecule has 36 heavy (non-hydrogen) atoms. The monoisotopic (exact) mass is 474 g/mol. The Hall–Kier alpha value is -4.51. The molecule has 0 saturated carbocycles. The summed E-state index contributed by atoms with van der Waals surface area (Å²) in [5.41, 5.74) is 6.37. The minimum atomic E-state index is 0.543. The van der Waals surface area contributed by atoms with Crippen molar-refractivity contribution in [2.24, 2.45) is 13.0 Å². The summed E-state index contributed by atoms with van der Waals surface area (Å²) in [6.07, 6.45) is 14.4. The zero-order chi connectivity index (χ0) is 24.5. The lowest BCUT2D eigenvalue weighted by Crippen LogP contribution is -2.34. The highest BCUT2D eigenvalue weighted by Crippen LogP contribution is 2.33. The molecule has 6 rings (SSSR count). The Labute approximate surface area is 209 Å². The Morgan fingerprint density at radius 1 is 0.944 bits per heavy atom. The highest BCUT2D eigenvalue weighted by Gasteiger charge is 2.21. The molecule has 0 atom stereocenters. The molecule has 0 radical (unpaired) electrons. The Kier molecular flexibility index (Phi) is 5.66. The van der Waals surface area contributed by atoms with Crippen LogP contribution in [0.2, 0.25) is 0 Å². The number of piperidine rings is 1. The zero-order valence-corrected chi connectivity index (χ0v) is 20.1. The van der Waals surface area contributed by atoms with Gasteiger partial charge in [-0.05, 0) is 55.5 Å². The second-order valence-electron chi connectivity index (χ2n) is 9.37. The van der Waals surface area contributed by atoms with Crippen LogP contribution in [0.3, 0.4) is 0 Å². The van der Waals surface area contributed by atoms with Gasteiger partial charge in [-0.2, -0.15) is 15.5 Å². The van der Waals surface area contributed by atoms with Gasteiger partial charge in [0.25, 0.3) is 0 Å². The summed E-state index contributed by atoms with van der Waals surface area (Å²) in [5, 5.41) is 18.4. The lowest BCUT2D eigenvalue weighted by atomic mass is 9.92. The van der Waals surface area contributed by atoms with Crippen LogP contribution < -0.4 is 4.90 Å². The summed E-state index contributed by atoms with van der Waals surface area (Å²) in [4.78, 5) is 11.7. The van der Waals surface area contributed by atoms with Gasteiger partial charge in [0.15, 0.2) is 0 Å². The maximum absolute atomic E-state index is 9.67. The molecule has 1 aliphatic rings. The SMILES string of the molecule is Cn1cc(-c2cc(-c3ccc(N4CCC(Cc5ccccn5)CC4)nc3)c3c(C#N)cnn3c2)cn1. The van der Waals surface area contributed by atoms with Crippen molar-refractivity contribution in [3.63, 3.8) is 0 Å². The summed E-state index contributed by atoms with van der Waals surface area (Å²) in [5.74, 6) is 1.65. The first-order chi connectivity index (χ1) is 17.7. The molecule has 1 aliphatic heterocycles. The second-order valence-corrected chi connectivity index (χ2v) is 9.37. The topological polar surface area (TPSA) is 87.9 Å². The molecule has 8 heteroatoms. The maximum atomic E-state index is 9.67. The van der Waals surface area contributed by atoms with Gasteiger partial charge in [0.2, 0.25) is 0 Å². The summed E-state index contributed by atoms with van der Waals surface area (Å²) >= 11 is 0. The maximum Gasteiger partial charge on any atom is 0.128 e. The minimum Gasteiger partial charge on any atom is -0.357 e. The lowest BCUT2D eigenvalue weighted by molar-refractivity contribution is 0.399. The van der Waals surface area contributed by atoms with E-state index in [0.29, 0.717) is 11.5 Å². The first kappa shape index (κ1) is 22.0. The predicted molar refractivity (Wildman–Crippen MR) is 138 cm³/mol. The van der Waals surface area contributed by atoms with E-state index in [1.807, 2.05) is 44.1 Å². The second kappa shape index (κ2) is 9.27. The average molecular weight is 475 g/mol. The fourth-order valence-electron chi connectivity index (χ4n) is 5.06. The molecule has 8 nitrogen and oxygen atoms in total. The smallest absolute Gasteiger partial charge is 0.128 e. The number of rotatable bonds is 5. The van der Waals surface area contributed by atoms with Crippen LogP contribution in [0.4, 0.5) is 5.82 Å². The van der Waals surface area contributed by atoms with Gasteiger partial charge in [0, 0.05) is 72.9 Å². The molecule has 5 aromatic rings. The Morgan fingerprint density at radius 2 is 1.83 bits per heavy atom. The fourth-order valence-corrected chi connectivity index (χ4v) is 5.06. The Balaban J connectivity index is 1.25. The number of nitrogens with zero attached hydrogens (tertiary/aromatic N) is 8. The third kappa shape index (κ3) is 4.20. The van der Waals surface area contributed by atoms with Gasteiger partial charge < -0.3 is 4.90 Å². The van der Waals surface area contributed by atoms with Crippen LogP contribution in [-0.2, 0) is 13.5 Å². The van der Waals surface area contributed by atoms with Crippen LogP contribution >= 0.6 is 0 Å². The summed E-state index contributed by atoms with van der Waals surface area (Å²) in [7, 11) is 1.90. The number of hydrogen-bond acceptors (Lipinski definition) is 6. The Morgan fingerprint density at radius 3 is 2.53 bits per heavy atom. The standard InChI is InChI=1S/C28H26N8/c1-34-18-24(17-32-34)22-13-26(28-23(14-29)16-33-36(28)19-22)21-5-6-27(31-15-21)35-10-7-20(8-11-35)12-25-4-2-3-9-30-25/h2-6,9,13,15-20H,7-8,10-12H2,1H3. The van der Waals surface area contributed by atoms with Crippen LogP contribution in [0.1, 0.15) is 24.1 Å². The largest absolute Gasteiger partial charge is 0.357 e. The third-order valence-corrected chi connectivity index (χ3v) is 6.99. The number of aromatic nitrogens is 6. The van der Waals surface area contributed by atoms with E-state index >= 15 is 0 Å². The van der Waals surface area contributed by atoms with Crippen molar-refractivity contribution >= 4 is 11.3 Å². The van der Waals surface area contributed by atoms with Crippen LogP contribution in [0, 0.1) is 17.2 Å². The molecule has 1 saturated heterocycles. The van der Waals surface area contributed by atoms with Gasteiger partial charge >= 0.3 is 0 Å². The van der Waals surface area contributed by atoms with Crippen LogP contribution in [0.25, 0.3) is 27.8 Å². The van der Waals surface area contributed by atoms with E-state index in [1.54, 1.807) is 15.4 Å². The molecule has 0 aliphatic carbocycles. The van der Waals surface area contributed by atoms with Gasteiger partial charge in [-0.25, -0.2) is 9.50 Å². The molecular formula is C28H26N8. The van der Waals surface area contributed by atoms with Crippen molar-refractivity contribution in [1.82, 2.24) is 29.4 Å². The molecule has 0 amide bonds. The molecule has 0 unspecified atom stereocenters. The van der Waals surface area contributed by atoms with E-state index in [2.05, 4.69) is 56.5 Å². The number of anilines is 1. The molecule has 6 heterocycles. The molecular weight excluding hydrogens is 448 g/mol. The van der Waals surface area contributed by atoms with E-state index in [4.69, 9.17) is 4.98 Å². The highest BCUT2D eigenvalue weighted by molar-refractivity contribution is 5.87. The van der Waals surface area contributed by atoms with E-state index in [0.717, 1.165) is 65.9 Å². The summed E-state index contributed by atoms with van der Waals surface area (Å²) in [6.45, 7) is 1.98. The van der Waals surface area contributed by atoms with Crippen molar-refractivity contribution in [3.8, 4) is 28.3 Å². The van der Waals surface area contributed by atoms with Gasteiger partial charge in [0.1, 0.15) is 11.9 Å². The highest BCUT2D eigenvalue weighted by atomic mass is 15.2. The van der Waals surface area contributed by atoms with E-state index in [9.17, 15) is 5.26 Å². The number of pyridine rings is 3. The quantitative estimate of drug-likeness (QED) is 0.372. The van der Waals surface area contributed by atoms with E-state index in [1.165, 1.54) is 5.69 Å². The van der Waals surface area contributed by atoms with Crippen molar-refractivity contribution in [2.75, 3.05) is 18.0 Å². The van der Waals surface area contributed by atoms with Crippen LogP contribution in [0.5, 0.6) is 0 Å². The Bertz CT molecular complexity index is 1530. The number of hydrogen-bond donors (Lipinski definition) is 0. The third-order valence-electron chi connectivity index (χ3n) is 6.99. The lowest BCUT2D eigenvalue weighted by Gasteiger charge is -2.32. The average Bonchev–Trinajstić information content (AvgIpc) is 3.55. The van der Waals surface area contributed by atoms with Gasteiger partial charge in [-0.15, -0.1) is 0 Å². The first-order valence-corrected chi connectivity index (χ1v) is 12.2.